The zero-order valence-corrected chi connectivity index (χ0v) is 13.7. The third kappa shape index (κ3) is 3.56. The Kier molecular flexibility index (Phi) is 4.70. The summed E-state index contributed by atoms with van der Waals surface area (Å²) in [5.41, 5.74) is -1.12. The van der Waals surface area contributed by atoms with Gasteiger partial charge in [0.15, 0.2) is 0 Å². The molecule has 26 heavy (non-hydrogen) atoms. The maximum atomic E-state index is 13.8. The highest BCUT2D eigenvalue weighted by Crippen LogP contribution is 2.07. The van der Waals surface area contributed by atoms with E-state index in [1.54, 1.807) is 19.1 Å². The van der Waals surface area contributed by atoms with Gasteiger partial charge in [-0.05, 0) is 19.1 Å². The Morgan fingerprint density at radius 2 is 2.04 bits per heavy atom. The van der Waals surface area contributed by atoms with Gasteiger partial charge in [-0.3, -0.25) is 19.5 Å². The van der Waals surface area contributed by atoms with Gasteiger partial charge in [0.05, 0.1) is 6.54 Å². The summed E-state index contributed by atoms with van der Waals surface area (Å²) in [6.07, 6.45) is 2.47. The fraction of sp³-hybridized carbons (Fsp3) is 0.118. The first kappa shape index (κ1) is 17.2. The molecule has 3 rings (SSSR count). The van der Waals surface area contributed by atoms with Crippen molar-refractivity contribution in [3.05, 3.63) is 86.2 Å². The first-order valence-corrected chi connectivity index (χ1v) is 7.62. The summed E-state index contributed by atoms with van der Waals surface area (Å²) in [6, 6.07) is 7.41. The van der Waals surface area contributed by atoms with Gasteiger partial charge in [-0.2, -0.15) is 0 Å². The van der Waals surface area contributed by atoms with Crippen LogP contribution in [-0.4, -0.2) is 25.4 Å². The maximum Gasteiger partial charge on any atom is 0.328 e. The first-order chi connectivity index (χ1) is 12.5. The predicted octanol–water partition coefficient (Wildman–Crippen LogP) is 1.07. The number of anilines is 1. The van der Waals surface area contributed by atoms with Crippen molar-refractivity contribution in [3.63, 3.8) is 0 Å². The van der Waals surface area contributed by atoms with E-state index in [-0.39, 0.29) is 23.6 Å². The van der Waals surface area contributed by atoms with Crippen molar-refractivity contribution < 1.29 is 9.18 Å². The molecule has 0 saturated carbocycles. The minimum absolute atomic E-state index is 0.0289. The first-order valence-electron chi connectivity index (χ1n) is 7.62. The highest BCUT2D eigenvalue weighted by atomic mass is 19.1. The molecule has 9 heteroatoms. The fourth-order valence-electron chi connectivity index (χ4n) is 2.29. The second kappa shape index (κ2) is 7.09. The minimum atomic E-state index is -0.845. The van der Waals surface area contributed by atoms with Crippen LogP contribution in [0.3, 0.4) is 0 Å². The summed E-state index contributed by atoms with van der Waals surface area (Å²) in [4.78, 5) is 47.0. The van der Waals surface area contributed by atoms with Crippen molar-refractivity contribution in [1.29, 1.82) is 0 Å². The number of carbonyl (C=O) groups excluding carboxylic acids is 1. The van der Waals surface area contributed by atoms with E-state index >= 15 is 0 Å². The number of aromatic nitrogens is 4. The Morgan fingerprint density at radius 3 is 2.77 bits per heavy atom. The fourth-order valence-corrected chi connectivity index (χ4v) is 2.29. The predicted molar refractivity (Wildman–Crippen MR) is 91.5 cm³/mol. The van der Waals surface area contributed by atoms with E-state index in [0.717, 1.165) is 10.8 Å². The van der Waals surface area contributed by atoms with Crippen molar-refractivity contribution in [3.8, 4) is 0 Å². The molecule has 0 radical (unpaired) electrons. The van der Waals surface area contributed by atoms with E-state index in [0.29, 0.717) is 5.69 Å². The van der Waals surface area contributed by atoms with Crippen molar-refractivity contribution in [2.75, 3.05) is 5.32 Å². The average Bonchev–Trinajstić information content (AvgIpc) is 2.60. The van der Waals surface area contributed by atoms with Crippen LogP contribution >= 0.6 is 0 Å². The molecule has 1 aromatic carbocycles. The van der Waals surface area contributed by atoms with Crippen molar-refractivity contribution in [2.24, 2.45) is 0 Å². The number of nitrogens with zero attached hydrogens (tertiary/aromatic N) is 3. The lowest BCUT2D eigenvalue weighted by atomic mass is 10.2. The Hall–Kier alpha value is -3.62. The topological polar surface area (TPSA) is 110 Å². The number of aromatic amines is 1. The standard InChI is InChI=1S/C17H14FN5O3/c1-10-6-7-19-16(21-10)22-14(24)12-8-20-17(26)23(15(12)25)9-11-4-2-3-5-13(11)18/h2-8H,9H2,1H3,(H,20,26)(H,19,21,22,24). The lowest BCUT2D eigenvalue weighted by molar-refractivity contribution is 0.102. The molecule has 0 aliphatic heterocycles. The molecule has 2 aromatic heterocycles. The van der Waals surface area contributed by atoms with Gasteiger partial charge in [0, 0.05) is 23.7 Å². The van der Waals surface area contributed by atoms with Crippen LogP contribution in [0.25, 0.3) is 0 Å². The van der Waals surface area contributed by atoms with Crippen molar-refractivity contribution in [2.45, 2.75) is 13.5 Å². The number of hydrogen-bond donors (Lipinski definition) is 2. The van der Waals surface area contributed by atoms with Crippen LogP contribution in [-0.2, 0) is 6.54 Å². The lowest BCUT2D eigenvalue weighted by Crippen LogP contribution is -2.39. The zero-order valence-electron chi connectivity index (χ0n) is 13.7. The summed E-state index contributed by atoms with van der Waals surface area (Å²) in [5.74, 6) is -1.30. The number of rotatable bonds is 4. The van der Waals surface area contributed by atoms with Gasteiger partial charge in [-0.1, -0.05) is 18.2 Å². The molecule has 1 amide bonds. The molecule has 2 N–H and O–H groups in total. The third-order valence-corrected chi connectivity index (χ3v) is 3.61. The molecule has 0 aliphatic rings. The lowest BCUT2D eigenvalue weighted by Gasteiger charge is -2.08. The number of H-pyrrole nitrogens is 1. The van der Waals surface area contributed by atoms with E-state index < -0.39 is 23.0 Å². The highest BCUT2D eigenvalue weighted by Gasteiger charge is 2.17. The third-order valence-electron chi connectivity index (χ3n) is 3.61. The summed E-state index contributed by atoms with van der Waals surface area (Å²) < 4.78 is 14.6. The summed E-state index contributed by atoms with van der Waals surface area (Å²) in [7, 11) is 0. The molecule has 3 aromatic rings. The summed E-state index contributed by atoms with van der Waals surface area (Å²) in [6.45, 7) is 1.42. The molecule has 0 fully saturated rings. The van der Waals surface area contributed by atoms with Crippen LogP contribution in [0.5, 0.6) is 0 Å². The van der Waals surface area contributed by atoms with Crippen molar-refractivity contribution in [1.82, 2.24) is 19.5 Å². The van der Waals surface area contributed by atoms with Gasteiger partial charge >= 0.3 is 5.69 Å². The van der Waals surface area contributed by atoms with E-state index in [9.17, 15) is 18.8 Å². The SMILES string of the molecule is Cc1ccnc(NC(=O)c2c[nH]c(=O)n(Cc3ccccc3F)c2=O)n1. The Morgan fingerprint density at radius 1 is 1.27 bits per heavy atom. The molecule has 0 spiro atoms. The van der Waals surface area contributed by atoms with Crippen molar-refractivity contribution >= 4 is 11.9 Å². The van der Waals surface area contributed by atoms with Gasteiger partial charge in [-0.25, -0.2) is 19.2 Å². The number of nitrogens with one attached hydrogen (secondary N) is 2. The number of amides is 1. The van der Waals surface area contributed by atoms with Gasteiger partial charge in [-0.15, -0.1) is 0 Å². The normalized spacial score (nSPS) is 10.5. The monoisotopic (exact) mass is 355 g/mol. The average molecular weight is 355 g/mol. The van der Waals surface area contributed by atoms with E-state index in [1.807, 2.05) is 0 Å². The highest BCUT2D eigenvalue weighted by molar-refractivity contribution is 6.02. The number of halogens is 1. The molecule has 132 valence electrons. The van der Waals surface area contributed by atoms with Crippen LogP contribution in [0.1, 0.15) is 21.6 Å². The molecule has 0 unspecified atom stereocenters. The van der Waals surface area contributed by atoms with Crippen LogP contribution in [0.4, 0.5) is 10.3 Å². The quantitative estimate of drug-likeness (QED) is 0.728. The molecular weight excluding hydrogens is 341 g/mol. The smallest absolute Gasteiger partial charge is 0.313 e. The molecule has 0 aliphatic carbocycles. The molecule has 8 nitrogen and oxygen atoms in total. The maximum absolute atomic E-state index is 13.8. The summed E-state index contributed by atoms with van der Waals surface area (Å²) in [5, 5.41) is 2.39. The largest absolute Gasteiger partial charge is 0.328 e. The number of hydrogen-bond acceptors (Lipinski definition) is 5. The Bertz CT molecular complexity index is 1090. The molecule has 0 atom stereocenters. The van der Waals surface area contributed by atoms with Crippen LogP contribution < -0.4 is 16.6 Å². The van der Waals surface area contributed by atoms with E-state index in [4.69, 9.17) is 0 Å². The number of carbonyl (C=O) groups is 1. The molecule has 0 bridgehead atoms. The molecular formula is C17H14FN5O3. The van der Waals surface area contributed by atoms with E-state index in [1.165, 1.54) is 24.4 Å². The van der Waals surface area contributed by atoms with Gasteiger partial charge in [0.25, 0.3) is 11.5 Å². The Balaban J connectivity index is 1.94. The Labute approximate surface area is 146 Å². The molecule has 0 saturated heterocycles. The van der Waals surface area contributed by atoms with Gasteiger partial charge < -0.3 is 4.98 Å². The minimum Gasteiger partial charge on any atom is -0.313 e. The van der Waals surface area contributed by atoms with Crippen LogP contribution in [0.15, 0.2) is 52.3 Å². The van der Waals surface area contributed by atoms with Gasteiger partial charge in [0.2, 0.25) is 5.95 Å². The van der Waals surface area contributed by atoms with E-state index in [2.05, 4.69) is 20.3 Å². The van der Waals surface area contributed by atoms with Gasteiger partial charge in [0.1, 0.15) is 11.4 Å². The second-order valence-electron chi connectivity index (χ2n) is 5.47. The second-order valence-corrected chi connectivity index (χ2v) is 5.47. The van der Waals surface area contributed by atoms with Crippen LogP contribution in [0, 0.1) is 12.7 Å². The summed E-state index contributed by atoms with van der Waals surface area (Å²) >= 11 is 0. The zero-order chi connectivity index (χ0) is 18.7. The molecule has 2 heterocycles. The number of benzene rings is 1. The van der Waals surface area contributed by atoms with Crippen LogP contribution in [0.2, 0.25) is 0 Å². The number of aryl methyl sites for hydroxylation is 1.